The van der Waals surface area contributed by atoms with E-state index in [2.05, 4.69) is 5.32 Å². The molecule has 1 aliphatic rings. The van der Waals surface area contributed by atoms with Crippen molar-refractivity contribution in [2.75, 3.05) is 30.8 Å². The Bertz CT molecular complexity index is 730. The number of sulfonamides is 1. The zero-order chi connectivity index (χ0) is 19.2. The molecule has 26 heavy (non-hydrogen) atoms. The molecule has 0 aromatic heterocycles. The van der Waals surface area contributed by atoms with Gasteiger partial charge in [0, 0.05) is 18.8 Å². The standard InChI is InChI=1S/C18H26N2O5S/c1-3-25-17(21)12-14-7-9-16(10-8-14)19-18(22)15-6-5-11-20(13-15)26(23,24)4-2/h7-10,15H,3-6,11-13H2,1-2H3,(H,19,22)/t15-/m0/s1. The van der Waals surface area contributed by atoms with Crippen LogP contribution < -0.4 is 5.32 Å². The number of carbonyl (C=O) groups is 2. The minimum atomic E-state index is -3.27. The lowest BCUT2D eigenvalue weighted by Crippen LogP contribution is -2.44. The van der Waals surface area contributed by atoms with Gasteiger partial charge < -0.3 is 10.1 Å². The highest BCUT2D eigenvalue weighted by Crippen LogP contribution is 2.21. The third-order valence-electron chi connectivity index (χ3n) is 4.39. The average Bonchev–Trinajstić information content (AvgIpc) is 2.63. The molecule has 0 saturated carbocycles. The molecule has 1 aliphatic heterocycles. The van der Waals surface area contributed by atoms with Crippen LogP contribution in [0.5, 0.6) is 0 Å². The van der Waals surface area contributed by atoms with Crippen LogP contribution in [0, 0.1) is 5.92 Å². The highest BCUT2D eigenvalue weighted by Gasteiger charge is 2.31. The highest BCUT2D eigenvalue weighted by atomic mass is 32.2. The molecule has 0 unspecified atom stereocenters. The third-order valence-corrected chi connectivity index (χ3v) is 6.24. The maximum absolute atomic E-state index is 12.5. The highest BCUT2D eigenvalue weighted by molar-refractivity contribution is 7.89. The second-order valence-electron chi connectivity index (χ2n) is 6.27. The Kier molecular flexibility index (Phi) is 7.16. The zero-order valence-electron chi connectivity index (χ0n) is 15.2. The Labute approximate surface area is 154 Å². The fraction of sp³-hybridized carbons (Fsp3) is 0.556. The smallest absolute Gasteiger partial charge is 0.310 e. The lowest BCUT2D eigenvalue weighted by molar-refractivity contribution is -0.142. The number of carbonyl (C=O) groups excluding carboxylic acids is 2. The van der Waals surface area contributed by atoms with Crippen molar-refractivity contribution < 1.29 is 22.7 Å². The Morgan fingerprint density at radius 3 is 2.54 bits per heavy atom. The number of amides is 1. The summed E-state index contributed by atoms with van der Waals surface area (Å²) < 4.78 is 30.3. The fourth-order valence-corrected chi connectivity index (χ4v) is 4.10. The number of ether oxygens (including phenoxy) is 1. The number of hydrogen-bond donors (Lipinski definition) is 1. The van der Waals surface area contributed by atoms with Crippen molar-refractivity contribution in [3.8, 4) is 0 Å². The molecule has 0 radical (unpaired) electrons. The van der Waals surface area contributed by atoms with Gasteiger partial charge in [0.25, 0.3) is 0 Å². The van der Waals surface area contributed by atoms with Crippen LogP contribution in [0.2, 0.25) is 0 Å². The zero-order valence-corrected chi connectivity index (χ0v) is 16.0. The largest absolute Gasteiger partial charge is 0.466 e. The van der Waals surface area contributed by atoms with Crippen LogP contribution in [0.15, 0.2) is 24.3 Å². The molecule has 0 spiro atoms. The van der Waals surface area contributed by atoms with Crippen LogP contribution in [-0.4, -0.2) is 50.0 Å². The number of rotatable bonds is 7. The Morgan fingerprint density at radius 2 is 1.92 bits per heavy atom. The predicted octanol–water partition coefficient (Wildman–Crippen LogP) is 1.79. The molecule has 1 saturated heterocycles. The van der Waals surface area contributed by atoms with Crippen LogP contribution >= 0.6 is 0 Å². The molecule has 1 aromatic carbocycles. The van der Waals surface area contributed by atoms with Crippen molar-refractivity contribution in [1.29, 1.82) is 0 Å². The first kappa shape index (κ1) is 20.4. The van der Waals surface area contributed by atoms with Crippen LogP contribution in [0.4, 0.5) is 5.69 Å². The summed E-state index contributed by atoms with van der Waals surface area (Å²) in [4.78, 5) is 23.9. The van der Waals surface area contributed by atoms with E-state index in [1.165, 1.54) is 4.31 Å². The Balaban J connectivity index is 1.93. The summed E-state index contributed by atoms with van der Waals surface area (Å²) in [5, 5.41) is 2.83. The summed E-state index contributed by atoms with van der Waals surface area (Å²) in [5.74, 6) is -0.782. The average molecular weight is 382 g/mol. The van der Waals surface area contributed by atoms with Crippen molar-refractivity contribution >= 4 is 27.6 Å². The van der Waals surface area contributed by atoms with E-state index in [1.807, 2.05) is 0 Å². The lowest BCUT2D eigenvalue weighted by Gasteiger charge is -2.30. The van der Waals surface area contributed by atoms with Crippen LogP contribution in [-0.2, 0) is 30.8 Å². The van der Waals surface area contributed by atoms with Crippen LogP contribution in [0.25, 0.3) is 0 Å². The van der Waals surface area contributed by atoms with Crippen LogP contribution in [0.3, 0.4) is 0 Å². The summed E-state index contributed by atoms with van der Waals surface area (Å²) in [6.45, 7) is 4.41. The topological polar surface area (TPSA) is 92.8 Å². The molecule has 0 bridgehead atoms. The van der Waals surface area contributed by atoms with Gasteiger partial charge in [-0.3, -0.25) is 9.59 Å². The summed E-state index contributed by atoms with van der Waals surface area (Å²) in [6.07, 6.45) is 1.53. The number of esters is 1. The maximum Gasteiger partial charge on any atom is 0.310 e. The normalized spacial score (nSPS) is 18.3. The van der Waals surface area contributed by atoms with E-state index in [9.17, 15) is 18.0 Å². The minimum absolute atomic E-state index is 0.0449. The molecule has 7 nitrogen and oxygen atoms in total. The van der Waals surface area contributed by atoms with Crippen LogP contribution in [0.1, 0.15) is 32.3 Å². The van der Waals surface area contributed by atoms with E-state index in [-0.39, 0.29) is 36.5 Å². The number of nitrogens with zero attached hydrogens (tertiary/aromatic N) is 1. The van der Waals surface area contributed by atoms with Crippen molar-refractivity contribution in [3.63, 3.8) is 0 Å². The summed E-state index contributed by atoms with van der Waals surface area (Å²) in [6, 6.07) is 6.99. The molecule has 2 rings (SSSR count). The molecular formula is C18H26N2O5S. The minimum Gasteiger partial charge on any atom is -0.466 e. The van der Waals surface area contributed by atoms with Crippen molar-refractivity contribution in [2.45, 2.75) is 33.1 Å². The van der Waals surface area contributed by atoms with Crippen molar-refractivity contribution in [3.05, 3.63) is 29.8 Å². The second-order valence-corrected chi connectivity index (χ2v) is 8.52. The first-order valence-corrected chi connectivity index (χ1v) is 10.5. The Morgan fingerprint density at radius 1 is 1.23 bits per heavy atom. The first-order chi connectivity index (χ1) is 12.4. The molecule has 1 N–H and O–H groups in total. The van der Waals surface area contributed by atoms with E-state index in [4.69, 9.17) is 4.74 Å². The SMILES string of the molecule is CCOC(=O)Cc1ccc(NC(=O)[C@H]2CCCN(S(=O)(=O)CC)C2)cc1. The van der Waals surface area contributed by atoms with Gasteiger partial charge in [0.05, 0.1) is 24.7 Å². The van der Waals surface area contributed by atoms with Gasteiger partial charge in [-0.25, -0.2) is 12.7 Å². The van der Waals surface area contributed by atoms with E-state index in [1.54, 1.807) is 38.1 Å². The monoisotopic (exact) mass is 382 g/mol. The van der Waals surface area contributed by atoms with Gasteiger partial charge >= 0.3 is 5.97 Å². The molecule has 1 atom stereocenters. The summed E-state index contributed by atoms with van der Waals surface area (Å²) >= 11 is 0. The van der Waals surface area contributed by atoms with E-state index >= 15 is 0 Å². The Hall–Kier alpha value is -1.93. The molecule has 1 heterocycles. The fourth-order valence-electron chi connectivity index (χ4n) is 2.92. The van der Waals surface area contributed by atoms with Gasteiger partial charge in [0.2, 0.25) is 15.9 Å². The van der Waals surface area contributed by atoms with E-state index in [0.29, 0.717) is 31.7 Å². The van der Waals surface area contributed by atoms with Gasteiger partial charge in [0.1, 0.15) is 0 Å². The van der Waals surface area contributed by atoms with E-state index in [0.717, 1.165) is 5.56 Å². The molecular weight excluding hydrogens is 356 g/mol. The molecule has 8 heteroatoms. The third kappa shape index (κ3) is 5.54. The summed E-state index contributed by atoms with van der Waals surface area (Å²) in [5.41, 5.74) is 1.43. The van der Waals surface area contributed by atoms with Gasteiger partial charge in [-0.1, -0.05) is 12.1 Å². The summed E-state index contributed by atoms with van der Waals surface area (Å²) in [7, 11) is -3.27. The van der Waals surface area contributed by atoms with Crippen molar-refractivity contribution in [1.82, 2.24) is 4.31 Å². The number of benzene rings is 1. The lowest BCUT2D eigenvalue weighted by atomic mass is 9.98. The molecule has 1 fully saturated rings. The maximum atomic E-state index is 12.5. The van der Waals surface area contributed by atoms with Gasteiger partial charge in [-0.05, 0) is 44.4 Å². The number of hydrogen-bond acceptors (Lipinski definition) is 5. The van der Waals surface area contributed by atoms with Gasteiger partial charge in [-0.15, -0.1) is 0 Å². The number of piperidine rings is 1. The van der Waals surface area contributed by atoms with Gasteiger partial charge in [0.15, 0.2) is 0 Å². The predicted molar refractivity (Wildman–Crippen MR) is 99.2 cm³/mol. The van der Waals surface area contributed by atoms with E-state index < -0.39 is 10.0 Å². The second kappa shape index (κ2) is 9.14. The molecule has 0 aliphatic carbocycles. The van der Waals surface area contributed by atoms with Crippen molar-refractivity contribution in [2.24, 2.45) is 5.92 Å². The number of anilines is 1. The molecule has 144 valence electrons. The van der Waals surface area contributed by atoms with Gasteiger partial charge in [-0.2, -0.15) is 0 Å². The molecule has 1 aromatic rings. The first-order valence-electron chi connectivity index (χ1n) is 8.89. The number of nitrogens with one attached hydrogen (secondary N) is 1. The molecule has 1 amide bonds. The quantitative estimate of drug-likeness (QED) is 0.726.